The van der Waals surface area contributed by atoms with E-state index in [0.717, 1.165) is 31.0 Å². The number of rotatable bonds is 5. The van der Waals surface area contributed by atoms with Gasteiger partial charge in [-0.05, 0) is 44.1 Å². The van der Waals surface area contributed by atoms with Crippen molar-refractivity contribution in [2.24, 2.45) is 0 Å². The molecule has 0 saturated carbocycles. The van der Waals surface area contributed by atoms with E-state index >= 15 is 0 Å². The fourth-order valence-electron chi connectivity index (χ4n) is 2.53. The number of fused-ring (bicyclic) bond motifs is 1. The molecule has 3 heteroatoms. The van der Waals surface area contributed by atoms with Gasteiger partial charge in [-0.1, -0.05) is 19.9 Å². The summed E-state index contributed by atoms with van der Waals surface area (Å²) < 4.78 is 11.2. The minimum absolute atomic E-state index is 0.558. The second-order valence-electron chi connectivity index (χ2n) is 4.75. The molecule has 1 atom stereocenters. The molecule has 0 aliphatic carbocycles. The number of ether oxygens (including phenoxy) is 2. The van der Waals surface area contributed by atoms with Gasteiger partial charge in [0.25, 0.3) is 0 Å². The quantitative estimate of drug-likeness (QED) is 0.801. The maximum atomic E-state index is 5.62. The summed E-state index contributed by atoms with van der Waals surface area (Å²) in [5.41, 5.74) is 1.32. The number of nitrogens with zero attached hydrogens (tertiary/aromatic N) is 1. The van der Waals surface area contributed by atoms with Gasteiger partial charge in [0.05, 0.1) is 0 Å². The molecule has 0 fully saturated rings. The highest BCUT2D eigenvalue weighted by atomic mass is 16.6. The van der Waals surface area contributed by atoms with Gasteiger partial charge in [-0.25, -0.2) is 0 Å². The monoisotopic (exact) mass is 249 g/mol. The van der Waals surface area contributed by atoms with Gasteiger partial charge in [0.2, 0.25) is 0 Å². The van der Waals surface area contributed by atoms with Crippen LogP contribution >= 0.6 is 0 Å². The van der Waals surface area contributed by atoms with Crippen LogP contribution < -0.4 is 9.47 Å². The third kappa shape index (κ3) is 2.96. The molecule has 3 nitrogen and oxygen atoms in total. The van der Waals surface area contributed by atoms with Crippen molar-refractivity contribution in [3.05, 3.63) is 23.8 Å². The molecular weight excluding hydrogens is 226 g/mol. The first kappa shape index (κ1) is 13.2. The molecular formula is C15H23NO2. The Kier molecular flexibility index (Phi) is 4.48. The van der Waals surface area contributed by atoms with Crippen molar-refractivity contribution < 1.29 is 9.47 Å². The summed E-state index contributed by atoms with van der Waals surface area (Å²) in [7, 11) is 0. The zero-order valence-corrected chi connectivity index (χ0v) is 11.6. The minimum Gasteiger partial charge on any atom is -0.486 e. The van der Waals surface area contributed by atoms with Gasteiger partial charge in [-0.15, -0.1) is 0 Å². The predicted molar refractivity (Wildman–Crippen MR) is 73.5 cm³/mol. The van der Waals surface area contributed by atoms with Crippen molar-refractivity contribution in [2.45, 2.75) is 33.2 Å². The largest absolute Gasteiger partial charge is 0.486 e. The van der Waals surface area contributed by atoms with Crippen molar-refractivity contribution in [2.75, 3.05) is 26.3 Å². The second kappa shape index (κ2) is 6.10. The lowest BCUT2D eigenvalue weighted by molar-refractivity contribution is 0.171. The summed E-state index contributed by atoms with van der Waals surface area (Å²) >= 11 is 0. The van der Waals surface area contributed by atoms with E-state index in [2.05, 4.69) is 37.8 Å². The predicted octanol–water partition coefficient (Wildman–Crippen LogP) is 2.73. The molecule has 0 spiro atoms. The van der Waals surface area contributed by atoms with E-state index in [1.807, 2.05) is 6.07 Å². The molecule has 1 aliphatic heterocycles. The molecule has 1 aliphatic rings. The van der Waals surface area contributed by atoms with E-state index in [1.165, 1.54) is 5.56 Å². The Morgan fingerprint density at radius 1 is 1.11 bits per heavy atom. The van der Waals surface area contributed by atoms with E-state index in [1.54, 1.807) is 0 Å². The number of benzene rings is 1. The van der Waals surface area contributed by atoms with Gasteiger partial charge >= 0.3 is 0 Å². The molecule has 2 rings (SSSR count). The fraction of sp³-hybridized carbons (Fsp3) is 0.600. The Bertz CT molecular complexity index is 388. The van der Waals surface area contributed by atoms with Gasteiger partial charge in [-0.2, -0.15) is 0 Å². The highest BCUT2D eigenvalue weighted by Crippen LogP contribution is 2.31. The maximum absolute atomic E-state index is 5.62. The Balaban J connectivity index is 2.05. The van der Waals surface area contributed by atoms with Crippen LogP contribution in [0.25, 0.3) is 0 Å². The second-order valence-corrected chi connectivity index (χ2v) is 4.75. The first-order valence-corrected chi connectivity index (χ1v) is 6.87. The van der Waals surface area contributed by atoms with Crippen LogP contribution in [-0.2, 0) is 6.42 Å². The molecule has 18 heavy (non-hydrogen) atoms. The lowest BCUT2D eigenvalue weighted by Crippen LogP contribution is -2.34. The van der Waals surface area contributed by atoms with E-state index in [9.17, 15) is 0 Å². The Morgan fingerprint density at radius 2 is 1.78 bits per heavy atom. The van der Waals surface area contributed by atoms with Gasteiger partial charge in [-0.3, -0.25) is 0 Å². The van der Waals surface area contributed by atoms with Crippen LogP contribution in [0, 0.1) is 0 Å². The smallest absolute Gasteiger partial charge is 0.161 e. The van der Waals surface area contributed by atoms with Gasteiger partial charge in [0, 0.05) is 6.04 Å². The highest BCUT2D eigenvalue weighted by molar-refractivity contribution is 5.44. The molecule has 1 aromatic carbocycles. The normalized spacial score (nSPS) is 15.8. The topological polar surface area (TPSA) is 21.7 Å². The van der Waals surface area contributed by atoms with Crippen molar-refractivity contribution in [3.8, 4) is 11.5 Å². The third-order valence-electron chi connectivity index (χ3n) is 3.57. The maximum Gasteiger partial charge on any atom is 0.161 e. The van der Waals surface area contributed by atoms with E-state index < -0.39 is 0 Å². The van der Waals surface area contributed by atoms with Crippen molar-refractivity contribution in [1.82, 2.24) is 4.90 Å². The average Bonchev–Trinajstić information content (AvgIpc) is 2.40. The Labute approximate surface area is 110 Å². The SMILES string of the molecule is CCN(CC)C(C)Cc1ccc2c(c1)OCCO2. The zero-order chi connectivity index (χ0) is 13.0. The van der Waals surface area contributed by atoms with Crippen LogP contribution in [0.2, 0.25) is 0 Å². The summed E-state index contributed by atoms with van der Waals surface area (Å²) in [5.74, 6) is 1.77. The van der Waals surface area contributed by atoms with Crippen LogP contribution in [0.1, 0.15) is 26.3 Å². The van der Waals surface area contributed by atoms with E-state index in [-0.39, 0.29) is 0 Å². The Hall–Kier alpha value is -1.22. The molecule has 0 saturated heterocycles. The third-order valence-corrected chi connectivity index (χ3v) is 3.57. The van der Waals surface area contributed by atoms with Gasteiger partial charge < -0.3 is 14.4 Å². The summed E-state index contributed by atoms with van der Waals surface area (Å²) in [6.45, 7) is 10.2. The summed E-state index contributed by atoms with van der Waals surface area (Å²) in [4.78, 5) is 2.47. The number of hydrogen-bond donors (Lipinski definition) is 0. The molecule has 0 amide bonds. The lowest BCUT2D eigenvalue weighted by Gasteiger charge is -2.27. The minimum atomic E-state index is 0.558. The average molecular weight is 249 g/mol. The van der Waals surface area contributed by atoms with Crippen LogP contribution in [0.5, 0.6) is 11.5 Å². The van der Waals surface area contributed by atoms with E-state index in [0.29, 0.717) is 19.3 Å². The summed E-state index contributed by atoms with van der Waals surface area (Å²) in [6.07, 6.45) is 1.05. The van der Waals surface area contributed by atoms with Crippen molar-refractivity contribution in [1.29, 1.82) is 0 Å². The van der Waals surface area contributed by atoms with Crippen LogP contribution in [0.3, 0.4) is 0 Å². The van der Waals surface area contributed by atoms with Crippen LogP contribution in [-0.4, -0.2) is 37.2 Å². The molecule has 0 aromatic heterocycles. The molecule has 100 valence electrons. The molecule has 1 heterocycles. The Morgan fingerprint density at radius 3 is 2.44 bits per heavy atom. The first-order chi connectivity index (χ1) is 8.74. The van der Waals surface area contributed by atoms with Crippen molar-refractivity contribution >= 4 is 0 Å². The molecule has 0 N–H and O–H groups in total. The molecule has 0 bridgehead atoms. The van der Waals surface area contributed by atoms with E-state index in [4.69, 9.17) is 9.47 Å². The van der Waals surface area contributed by atoms with Crippen molar-refractivity contribution in [3.63, 3.8) is 0 Å². The standard InChI is InChI=1S/C15H23NO2/c1-4-16(5-2)12(3)10-13-6-7-14-15(11-13)18-9-8-17-14/h6-7,11-12H,4-5,8-10H2,1-3H3. The molecule has 1 unspecified atom stereocenters. The fourth-order valence-corrected chi connectivity index (χ4v) is 2.53. The highest BCUT2D eigenvalue weighted by Gasteiger charge is 2.15. The zero-order valence-electron chi connectivity index (χ0n) is 11.6. The number of hydrogen-bond acceptors (Lipinski definition) is 3. The number of likely N-dealkylation sites (N-methyl/N-ethyl adjacent to an activating group) is 1. The molecule has 0 radical (unpaired) electrons. The summed E-state index contributed by atoms with van der Waals surface area (Å²) in [6, 6.07) is 6.85. The van der Waals surface area contributed by atoms with Gasteiger partial charge in [0.15, 0.2) is 11.5 Å². The summed E-state index contributed by atoms with van der Waals surface area (Å²) in [5, 5.41) is 0. The van der Waals surface area contributed by atoms with Crippen LogP contribution in [0.4, 0.5) is 0 Å². The lowest BCUT2D eigenvalue weighted by atomic mass is 10.1. The first-order valence-electron chi connectivity index (χ1n) is 6.87. The molecule has 1 aromatic rings. The van der Waals surface area contributed by atoms with Gasteiger partial charge in [0.1, 0.15) is 13.2 Å². The van der Waals surface area contributed by atoms with Crippen LogP contribution in [0.15, 0.2) is 18.2 Å².